The summed E-state index contributed by atoms with van der Waals surface area (Å²) in [6.07, 6.45) is 5.09. The summed E-state index contributed by atoms with van der Waals surface area (Å²) in [6.45, 7) is 0.678. The van der Waals surface area contributed by atoms with E-state index in [1.54, 1.807) is 12.3 Å². The molecule has 0 aliphatic rings. The van der Waals surface area contributed by atoms with E-state index in [-0.39, 0.29) is 16.9 Å². The van der Waals surface area contributed by atoms with Crippen LogP contribution >= 0.6 is 23.2 Å². The van der Waals surface area contributed by atoms with Crippen LogP contribution in [-0.2, 0) is 6.54 Å². The van der Waals surface area contributed by atoms with Gasteiger partial charge in [0, 0.05) is 41.6 Å². The van der Waals surface area contributed by atoms with Crippen molar-refractivity contribution in [2.24, 2.45) is 5.73 Å². The molecule has 0 aliphatic carbocycles. The first-order chi connectivity index (χ1) is 15.3. The van der Waals surface area contributed by atoms with Gasteiger partial charge in [0.1, 0.15) is 17.0 Å². The van der Waals surface area contributed by atoms with Gasteiger partial charge in [-0.3, -0.25) is 4.79 Å². The number of benzene rings is 2. The van der Waals surface area contributed by atoms with Crippen molar-refractivity contribution in [3.63, 3.8) is 0 Å². The van der Waals surface area contributed by atoms with E-state index in [4.69, 9.17) is 44.7 Å². The molecule has 4 rings (SSSR count). The molecule has 7 nitrogen and oxygen atoms in total. The van der Waals surface area contributed by atoms with Gasteiger partial charge in [-0.1, -0.05) is 29.3 Å². The van der Waals surface area contributed by atoms with E-state index in [9.17, 15) is 4.79 Å². The van der Waals surface area contributed by atoms with Gasteiger partial charge in [0.2, 0.25) is 5.91 Å². The molecule has 2 aromatic carbocycles. The maximum absolute atomic E-state index is 10.6. The Morgan fingerprint density at radius 1 is 1.22 bits per heavy atom. The second-order valence-electron chi connectivity index (χ2n) is 6.73. The van der Waals surface area contributed by atoms with E-state index in [1.165, 1.54) is 24.4 Å². The monoisotopic (exact) mass is 465 g/mol. The van der Waals surface area contributed by atoms with Crippen LogP contribution in [0.3, 0.4) is 0 Å². The van der Waals surface area contributed by atoms with E-state index in [2.05, 4.69) is 9.55 Å². The van der Waals surface area contributed by atoms with Crippen LogP contribution in [0.5, 0.6) is 5.75 Å². The van der Waals surface area contributed by atoms with Gasteiger partial charge < -0.3 is 20.8 Å². The Hall–Kier alpha value is -3.86. The predicted octanol–water partition coefficient (Wildman–Crippen LogP) is 4.75. The number of nitriles is 1. The number of pyridine rings is 1. The topological polar surface area (TPSA) is 129 Å². The number of halogens is 2. The van der Waals surface area contributed by atoms with Crippen LogP contribution in [0.1, 0.15) is 27.0 Å². The van der Waals surface area contributed by atoms with Gasteiger partial charge in [0.25, 0.3) is 0 Å². The molecule has 9 heteroatoms. The third kappa shape index (κ3) is 5.24. The minimum absolute atomic E-state index is 0.0475. The molecule has 0 saturated carbocycles. The van der Waals surface area contributed by atoms with Gasteiger partial charge >= 0.3 is 0 Å². The van der Waals surface area contributed by atoms with Gasteiger partial charge in [-0.15, -0.1) is 0 Å². The Kier molecular flexibility index (Phi) is 7.11. The summed E-state index contributed by atoms with van der Waals surface area (Å²) in [5.41, 5.74) is 8.22. The quantitative estimate of drug-likeness (QED) is 0.296. The number of aromatic hydroxyl groups is 1. The van der Waals surface area contributed by atoms with Crippen LogP contribution in [0.4, 0.5) is 0 Å². The highest BCUT2D eigenvalue weighted by Gasteiger charge is 2.06. The van der Waals surface area contributed by atoms with Gasteiger partial charge in [0.15, 0.2) is 0 Å². The molecule has 4 N–H and O–H groups in total. The van der Waals surface area contributed by atoms with Gasteiger partial charge in [-0.05, 0) is 53.6 Å². The minimum Gasteiger partial charge on any atom is -0.507 e. The van der Waals surface area contributed by atoms with E-state index in [1.807, 2.05) is 36.5 Å². The Labute approximate surface area is 193 Å². The van der Waals surface area contributed by atoms with Crippen molar-refractivity contribution in [1.82, 2.24) is 9.55 Å². The Morgan fingerprint density at radius 3 is 2.66 bits per heavy atom. The standard InChI is InChI=1S/C15H11Cl2N3.C8H6N2O2/c16-13-6-11(8-19-15(13)17)9-20-4-3-12-5-10(7-18)1-2-14(12)20;9-4-6-3-5(8(10)12)1-2-7(6)11/h1-8,18H,9H2;1-3,11H,(H2,10,12). The van der Waals surface area contributed by atoms with Crippen LogP contribution in [0, 0.1) is 16.7 Å². The number of primary amides is 1. The first-order valence-corrected chi connectivity index (χ1v) is 10.00. The fraction of sp³-hybridized carbons (Fsp3) is 0.0435. The number of carbonyl (C=O) groups is 1. The average Bonchev–Trinajstić information content (AvgIpc) is 3.18. The lowest BCUT2D eigenvalue weighted by Gasteiger charge is -2.06. The number of nitrogens with one attached hydrogen (secondary N) is 1. The first-order valence-electron chi connectivity index (χ1n) is 9.24. The fourth-order valence-electron chi connectivity index (χ4n) is 2.97. The van der Waals surface area contributed by atoms with Gasteiger partial charge in [0.05, 0.1) is 10.6 Å². The molecule has 0 atom stereocenters. The second kappa shape index (κ2) is 9.96. The molecule has 4 aromatic rings. The Bertz CT molecular complexity index is 1360. The first kappa shape index (κ1) is 22.8. The van der Waals surface area contributed by atoms with Gasteiger partial charge in [-0.2, -0.15) is 5.26 Å². The SMILES string of the molecule is N#Cc1cc(C(N)=O)ccc1O.N=Cc1ccc2c(ccn2Cc2cnc(Cl)c(Cl)c2)c1. The molecule has 2 aromatic heterocycles. The number of fused-ring (bicyclic) bond motifs is 1. The third-order valence-corrected chi connectivity index (χ3v) is 5.26. The van der Waals surface area contributed by atoms with Crippen LogP contribution in [-0.4, -0.2) is 26.8 Å². The average molecular weight is 466 g/mol. The number of hydrogen-bond acceptors (Lipinski definition) is 5. The summed E-state index contributed by atoms with van der Waals surface area (Å²) >= 11 is 11.8. The molecule has 0 saturated heterocycles. The molecule has 160 valence electrons. The lowest BCUT2D eigenvalue weighted by molar-refractivity contribution is 0.1000. The van der Waals surface area contributed by atoms with Crippen molar-refractivity contribution in [2.45, 2.75) is 6.54 Å². The Balaban J connectivity index is 0.000000207. The number of rotatable bonds is 4. The largest absolute Gasteiger partial charge is 0.507 e. The second-order valence-corrected chi connectivity index (χ2v) is 7.50. The van der Waals surface area contributed by atoms with E-state index in [0.29, 0.717) is 16.7 Å². The van der Waals surface area contributed by atoms with E-state index in [0.717, 1.165) is 22.0 Å². The normalized spacial score (nSPS) is 10.2. The summed E-state index contributed by atoms with van der Waals surface area (Å²) in [4.78, 5) is 14.7. The highest BCUT2D eigenvalue weighted by Crippen LogP contribution is 2.22. The molecular formula is C23H17Cl2N5O2. The number of nitrogens with two attached hydrogens (primary N) is 1. The molecule has 0 bridgehead atoms. The zero-order chi connectivity index (χ0) is 23.3. The zero-order valence-electron chi connectivity index (χ0n) is 16.6. The van der Waals surface area contributed by atoms with Crippen molar-refractivity contribution in [3.05, 3.63) is 93.4 Å². The fourth-order valence-corrected chi connectivity index (χ4v) is 3.26. The number of phenolic OH excluding ortho intramolecular Hbond substituents is 1. The molecule has 0 unspecified atom stereocenters. The number of aromatic nitrogens is 2. The molecule has 0 spiro atoms. The van der Waals surface area contributed by atoms with Crippen LogP contribution < -0.4 is 5.73 Å². The molecule has 0 fully saturated rings. The molecular weight excluding hydrogens is 449 g/mol. The number of nitrogens with zero attached hydrogens (tertiary/aromatic N) is 3. The third-order valence-electron chi connectivity index (χ3n) is 4.57. The zero-order valence-corrected chi connectivity index (χ0v) is 18.1. The highest BCUT2D eigenvalue weighted by atomic mass is 35.5. The lowest BCUT2D eigenvalue weighted by Crippen LogP contribution is -2.10. The predicted molar refractivity (Wildman–Crippen MR) is 125 cm³/mol. The number of hydrogen-bond donors (Lipinski definition) is 3. The van der Waals surface area contributed by atoms with Crippen molar-refractivity contribution in [1.29, 1.82) is 10.7 Å². The Morgan fingerprint density at radius 2 is 2.00 bits per heavy atom. The summed E-state index contributed by atoms with van der Waals surface area (Å²) in [6, 6.07) is 15.4. The summed E-state index contributed by atoms with van der Waals surface area (Å²) in [5.74, 6) is -0.769. The lowest BCUT2D eigenvalue weighted by atomic mass is 10.1. The number of carbonyl (C=O) groups excluding carboxylic acids is 1. The summed E-state index contributed by atoms with van der Waals surface area (Å²) in [7, 11) is 0. The number of phenols is 1. The summed E-state index contributed by atoms with van der Waals surface area (Å²) < 4.78 is 2.12. The van der Waals surface area contributed by atoms with E-state index < -0.39 is 5.91 Å². The van der Waals surface area contributed by atoms with Gasteiger partial charge in [-0.25, -0.2) is 4.98 Å². The molecule has 0 radical (unpaired) electrons. The molecule has 1 amide bonds. The van der Waals surface area contributed by atoms with Crippen molar-refractivity contribution >= 4 is 46.2 Å². The maximum atomic E-state index is 10.6. The van der Waals surface area contributed by atoms with Crippen molar-refractivity contribution in [3.8, 4) is 11.8 Å². The molecule has 2 heterocycles. The van der Waals surface area contributed by atoms with Crippen LogP contribution in [0.25, 0.3) is 10.9 Å². The highest BCUT2D eigenvalue weighted by molar-refractivity contribution is 6.41. The number of amides is 1. The maximum Gasteiger partial charge on any atom is 0.248 e. The molecule has 32 heavy (non-hydrogen) atoms. The van der Waals surface area contributed by atoms with Crippen molar-refractivity contribution in [2.75, 3.05) is 0 Å². The van der Waals surface area contributed by atoms with E-state index >= 15 is 0 Å². The van der Waals surface area contributed by atoms with Crippen LogP contribution in [0.15, 0.2) is 60.9 Å². The smallest absolute Gasteiger partial charge is 0.248 e. The van der Waals surface area contributed by atoms with Crippen LogP contribution in [0.2, 0.25) is 10.2 Å². The molecule has 0 aliphatic heterocycles. The minimum atomic E-state index is -0.619. The van der Waals surface area contributed by atoms with Crippen molar-refractivity contribution < 1.29 is 9.90 Å². The summed E-state index contributed by atoms with van der Waals surface area (Å²) in [5, 5.41) is 26.7.